The topological polar surface area (TPSA) is 48.1 Å². The Balaban J connectivity index is 2.74. The van der Waals surface area contributed by atoms with Crippen molar-refractivity contribution in [2.75, 3.05) is 0 Å². The van der Waals surface area contributed by atoms with E-state index in [0.29, 0.717) is 19.8 Å². The van der Waals surface area contributed by atoms with Crippen LogP contribution in [0.5, 0.6) is 0 Å². The molecule has 2 rings (SSSR count). The maximum Gasteiger partial charge on any atom is 0.310 e. The van der Waals surface area contributed by atoms with E-state index >= 15 is 0 Å². The molecule has 94 valence electrons. The van der Waals surface area contributed by atoms with Gasteiger partial charge in [0.25, 0.3) is 0 Å². The fourth-order valence-corrected chi connectivity index (χ4v) is 2.80. The molecule has 0 fully saturated rings. The molecule has 0 aliphatic rings. The molecule has 0 N–H and O–H groups in total. The summed E-state index contributed by atoms with van der Waals surface area (Å²) < 4.78 is 2.77. The van der Waals surface area contributed by atoms with Crippen LogP contribution in [-0.4, -0.2) is 9.49 Å². The number of benzene rings is 1. The van der Waals surface area contributed by atoms with Crippen molar-refractivity contribution < 1.29 is 4.92 Å². The van der Waals surface area contributed by atoms with Gasteiger partial charge in [-0.15, -0.1) is 0 Å². The number of nitro groups is 1. The minimum absolute atomic E-state index is 0.0340. The SMILES string of the molecule is Cn1c(Br)c(Br)c([N+](=O)[O-])c1-c1ccc(Cl)cc1. The van der Waals surface area contributed by atoms with Crippen molar-refractivity contribution in [3.05, 3.63) is 48.5 Å². The first-order chi connectivity index (χ1) is 8.43. The number of halogens is 3. The zero-order valence-corrected chi connectivity index (χ0v) is 13.1. The summed E-state index contributed by atoms with van der Waals surface area (Å²) in [6.07, 6.45) is 0. The fraction of sp³-hybridized carbons (Fsp3) is 0.0909. The van der Waals surface area contributed by atoms with Gasteiger partial charge in [0.2, 0.25) is 0 Å². The van der Waals surface area contributed by atoms with Crippen LogP contribution in [-0.2, 0) is 7.05 Å². The number of rotatable bonds is 2. The van der Waals surface area contributed by atoms with Crippen LogP contribution in [0.2, 0.25) is 5.02 Å². The molecule has 0 bridgehead atoms. The molecule has 0 spiro atoms. The van der Waals surface area contributed by atoms with Crippen LogP contribution < -0.4 is 0 Å². The lowest BCUT2D eigenvalue weighted by Crippen LogP contribution is -1.95. The molecular weight excluding hydrogens is 387 g/mol. The summed E-state index contributed by atoms with van der Waals surface area (Å²) in [5, 5.41) is 11.8. The normalized spacial score (nSPS) is 10.7. The molecule has 1 aromatic carbocycles. The van der Waals surface area contributed by atoms with Crippen LogP contribution in [0.1, 0.15) is 0 Å². The van der Waals surface area contributed by atoms with Crippen LogP contribution >= 0.6 is 43.5 Å². The van der Waals surface area contributed by atoms with Gasteiger partial charge >= 0.3 is 5.69 Å². The zero-order chi connectivity index (χ0) is 13.4. The van der Waals surface area contributed by atoms with Crippen molar-refractivity contribution in [1.82, 2.24) is 4.57 Å². The van der Waals surface area contributed by atoms with Gasteiger partial charge in [-0.25, -0.2) is 0 Å². The molecule has 4 nitrogen and oxygen atoms in total. The molecule has 7 heteroatoms. The third kappa shape index (κ3) is 2.20. The van der Waals surface area contributed by atoms with E-state index in [1.165, 1.54) is 0 Å². The molecule has 1 aromatic heterocycles. The molecule has 0 aliphatic carbocycles. The summed E-state index contributed by atoms with van der Waals surface area (Å²) in [5.74, 6) is 0. The Morgan fingerprint density at radius 3 is 2.33 bits per heavy atom. The van der Waals surface area contributed by atoms with Crippen molar-refractivity contribution in [2.24, 2.45) is 7.05 Å². The summed E-state index contributed by atoms with van der Waals surface area (Å²) in [7, 11) is 1.76. The lowest BCUT2D eigenvalue weighted by Gasteiger charge is -2.04. The maximum absolute atomic E-state index is 11.2. The third-order valence-corrected chi connectivity index (χ3v) is 5.01. The molecule has 0 unspecified atom stereocenters. The van der Waals surface area contributed by atoms with Gasteiger partial charge in [0.1, 0.15) is 14.8 Å². The first-order valence-electron chi connectivity index (χ1n) is 4.87. The Bertz CT molecular complexity index is 623. The second-order valence-corrected chi connectivity index (χ2v) is 5.61. The minimum Gasteiger partial charge on any atom is -0.332 e. The Kier molecular flexibility index (Phi) is 3.79. The van der Waals surface area contributed by atoms with E-state index in [1.807, 2.05) is 0 Å². The average molecular weight is 394 g/mol. The van der Waals surface area contributed by atoms with Gasteiger partial charge in [-0.1, -0.05) is 23.7 Å². The molecule has 18 heavy (non-hydrogen) atoms. The molecular formula is C11H7Br2ClN2O2. The quantitative estimate of drug-likeness (QED) is 0.544. The molecule has 0 atom stereocenters. The molecule has 1 heterocycles. The smallest absolute Gasteiger partial charge is 0.310 e. The first kappa shape index (κ1) is 13.6. The van der Waals surface area contributed by atoms with Crippen molar-refractivity contribution in [2.45, 2.75) is 0 Å². The van der Waals surface area contributed by atoms with Crippen molar-refractivity contribution >= 4 is 49.1 Å². The van der Waals surface area contributed by atoms with Gasteiger partial charge in [0.05, 0.1) is 4.92 Å². The van der Waals surface area contributed by atoms with Crippen molar-refractivity contribution in [1.29, 1.82) is 0 Å². The molecule has 2 aromatic rings. The molecule has 0 aliphatic heterocycles. The Labute approximate surface area is 125 Å². The molecule has 0 radical (unpaired) electrons. The summed E-state index contributed by atoms with van der Waals surface area (Å²) in [6.45, 7) is 0. The lowest BCUT2D eigenvalue weighted by molar-refractivity contribution is -0.384. The highest BCUT2D eigenvalue weighted by Crippen LogP contribution is 2.43. The monoisotopic (exact) mass is 392 g/mol. The highest BCUT2D eigenvalue weighted by molar-refractivity contribution is 9.13. The van der Waals surface area contributed by atoms with E-state index < -0.39 is 4.92 Å². The number of hydrogen-bond acceptors (Lipinski definition) is 2. The maximum atomic E-state index is 11.2. The van der Waals surface area contributed by atoms with Gasteiger partial charge in [-0.05, 0) is 44.0 Å². The Hall–Kier alpha value is -0.850. The summed E-state index contributed by atoms with van der Waals surface area (Å²) in [4.78, 5) is 10.8. The molecule has 0 amide bonds. The zero-order valence-electron chi connectivity index (χ0n) is 9.15. The van der Waals surface area contributed by atoms with E-state index in [9.17, 15) is 10.1 Å². The van der Waals surface area contributed by atoms with E-state index in [0.717, 1.165) is 5.56 Å². The van der Waals surface area contributed by atoms with E-state index in [-0.39, 0.29) is 5.69 Å². The molecule has 0 saturated carbocycles. The van der Waals surface area contributed by atoms with Crippen molar-refractivity contribution in [3.8, 4) is 11.3 Å². The highest BCUT2D eigenvalue weighted by atomic mass is 79.9. The number of hydrogen-bond donors (Lipinski definition) is 0. The van der Waals surface area contributed by atoms with Crippen LogP contribution in [0.3, 0.4) is 0 Å². The third-order valence-electron chi connectivity index (χ3n) is 2.54. The summed E-state index contributed by atoms with van der Waals surface area (Å²) in [5.41, 5.74) is 1.29. The molecule has 0 saturated heterocycles. The second kappa shape index (κ2) is 5.03. The predicted octanol–water partition coefficient (Wildman–Crippen LogP) is 4.78. The summed E-state index contributed by atoms with van der Waals surface area (Å²) >= 11 is 12.4. The second-order valence-electron chi connectivity index (χ2n) is 3.63. The van der Waals surface area contributed by atoms with E-state index in [1.54, 1.807) is 35.9 Å². The Morgan fingerprint density at radius 2 is 1.83 bits per heavy atom. The lowest BCUT2D eigenvalue weighted by atomic mass is 10.1. The van der Waals surface area contributed by atoms with Crippen LogP contribution in [0.4, 0.5) is 5.69 Å². The average Bonchev–Trinajstić information content (AvgIpc) is 2.55. The largest absolute Gasteiger partial charge is 0.332 e. The van der Waals surface area contributed by atoms with Crippen LogP contribution in [0.15, 0.2) is 33.3 Å². The fourth-order valence-electron chi connectivity index (χ4n) is 1.71. The van der Waals surface area contributed by atoms with Gasteiger partial charge in [-0.2, -0.15) is 0 Å². The Morgan fingerprint density at radius 1 is 1.28 bits per heavy atom. The summed E-state index contributed by atoms with van der Waals surface area (Å²) in [6, 6.07) is 6.91. The minimum atomic E-state index is -0.404. The number of nitrogens with zero attached hydrogens (tertiary/aromatic N) is 2. The standard InChI is InChI=1S/C11H7Br2ClN2O2/c1-15-9(6-2-4-7(14)5-3-6)10(16(17)18)8(12)11(15)13/h2-5H,1H3. The van der Waals surface area contributed by atoms with E-state index in [2.05, 4.69) is 31.9 Å². The van der Waals surface area contributed by atoms with E-state index in [4.69, 9.17) is 11.6 Å². The van der Waals surface area contributed by atoms with Gasteiger partial charge in [0, 0.05) is 17.6 Å². The van der Waals surface area contributed by atoms with Gasteiger partial charge in [0.15, 0.2) is 0 Å². The first-order valence-corrected chi connectivity index (χ1v) is 6.84. The van der Waals surface area contributed by atoms with Gasteiger partial charge in [-0.3, -0.25) is 10.1 Å². The number of aromatic nitrogens is 1. The van der Waals surface area contributed by atoms with Crippen LogP contribution in [0.25, 0.3) is 11.3 Å². The van der Waals surface area contributed by atoms with Crippen LogP contribution in [0, 0.1) is 10.1 Å². The highest BCUT2D eigenvalue weighted by Gasteiger charge is 2.28. The predicted molar refractivity (Wildman–Crippen MR) is 77.9 cm³/mol. The van der Waals surface area contributed by atoms with Crippen molar-refractivity contribution in [3.63, 3.8) is 0 Å². The van der Waals surface area contributed by atoms with Gasteiger partial charge < -0.3 is 4.57 Å².